The average Bonchev–Trinajstić information content (AvgIpc) is 2.70. The number of guanidine groups is 1. The summed E-state index contributed by atoms with van der Waals surface area (Å²) in [6, 6.07) is 9.44. The molecule has 0 spiro atoms. The van der Waals surface area contributed by atoms with Gasteiger partial charge >= 0.3 is 0 Å². The molecule has 0 saturated carbocycles. The van der Waals surface area contributed by atoms with Gasteiger partial charge in [-0.25, -0.2) is 18.1 Å². The summed E-state index contributed by atoms with van der Waals surface area (Å²) >= 11 is 1.70. The molecule has 2 aromatic rings. The number of aryl methyl sites for hydroxylation is 1. The van der Waals surface area contributed by atoms with Crippen molar-refractivity contribution in [3.63, 3.8) is 0 Å². The lowest BCUT2D eigenvalue weighted by atomic mass is 10.1. The van der Waals surface area contributed by atoms with Crippen LogP contribution in [0.15, 0.2) is 57.5 Å². The number of pyridine rings is 1. The molecule has 0 bridgehead atoms. The highest BCUT2D eigenvalue weighted by atomic mass is 32.2. The quantitative estimate of drug-likeness (QED) is 0.249. The molecular weight excluding hydrogens is 394 g/mol. The largest absolute Gasteiger partial charge is 0.357 e. The first-order chi connectivity index (χ1) is 13.5. The van der Waals surface area contributed by atoms with E-state index in [4.69, 9.17) is 0 Å². The highest BCUT2D eigenvalue weighted by Crippen LogP contribution is 2.22. The molecule has 0 aliphatic carbocycles. The Hall–Kier alpha value is -2.10. The zero-order chi connectivity index (χ0) is 20.4. The number of sulfonamides is 1. The van der Waals surface area contributed by atoms with E-state index in [9.17, 15) is 8.42 Å². The van der Waals surface area contributed by atoms with Gasteiger partial charge in [-0.15, -0.1) is 11.8 Å². The third kappa shape index (κ3) is 6.81. The number of nitrogens with zero attached hydrogens (tertiary/aromatic N) is 2. The first kappa shape index (κ1) is 22.2. The summed E-state index contributed by atoms with van der Waals surface area (Å²) < 4.78 is 26.9. The third-order valence-corrected chi connectivity index (χ3v) is 6.11. The van der Waals surface area contributed by atoms with E-state index < -0.39 is 10.0 Å². The van der Waals surface area contributed by atoms with Crippen molar-refractivity contribution in [3.05, 3.63) is 53.9 Å². The predicted octanol–water partition coefficient (Wildman–Crippen LogP) is 2.15. The minimum absolute atomic E-state index is 0.152. The molecule has 0 fully saturated rings. The van der Waals surface area contributed by atoms with Crippen LogP contribution in [0.1, 0.15) is 18.1 Å². The minimum atomic E-state index is -3.55. The molecule has 0 saturated heterocycles. The van der Waals surface area contributed by atoms with E-state index in [1.54, 1.807) is 17.8 Å². The average molecular weight is 422 g/mol. The van der Waals surface area contributed by atoms with Crippen molar-refractivity contribution in [3.8, 4) is 0 Å². The molecule has 1 aromatic carbocycles. The Kier molecular flexibility index (Phi) is 8.75. The Morgan fingerprint density at radius 2 is 2.04 bits per heavy atom. The van der Waals surface area contributed by atoms with Crippen molar-refractivity contribution < 1.29 is 8.42 Å². The minimum Gasteiger partial charge on any atom is -0.357 e. The molecule has 2 rings (SSSR count). The Balaban J connectivity index is 1.91. The van der Waals surface area contributed by atoms with Gasteiger partial charge in [0.2, 0.25) is 10.0 Å². The highest BCUT2D eigenvalue weighted by Gasteiger charge is 2.12. The zero-order valence-electron chi connectivity index (χ0n) is 16.4. The van der Waals surface area contributed by atoms with E-state index in [1.165, 1.54) is 28.9 Å². The van der Waals surface area contributed by atoms with Crippen LogP contribution in [-0.2, 0) is 16.6 Å². The number of hydrogen-bond donors (Lipinski definition) is 3. The van der Waals surface area contributed by atoms with E-state index in [1.807, 2.05) is 6.92 Å². The molecule has 0 aliphatic heterocycles. The summed E-state index contributed by atoms with van der Waals surface area (Å²) in [4.78, 5) is 9.81. The highest BCUT2D eigenvalue weighted by molar-refractivity contribution is 7.98. The summed E-state index contributed by atoms with van der Waals surface area (Å²) in [5.41, 5.74) is 2.38. The van der Waals surface area contributed by atoms with E-state index >= 15 is 0 Å². The van der Waals surface area contributed by atoms with E-state index in [0.717, 1.165) is 12.1 Å². The Labute approximate surface area is 171 Å². The molecule has 152 valence electrons. The van der Waals surface area contributed by atoms with Crippen LogP contribution in [0, 0.1) is 6.92 Å². The summed E-state index contributed by atoms with van der Waals surface area (Å²) in [5, 5.41) is 6.33. The van der Waals surface area contributed by atoms with Gasteiger partial charge in [-0.1, -0.05) is 12.1 Å². The lowest BCUT2D eigenvalue weighted by molar-refractivity contribution is 0.580. The number of aromatic nitrogens is 1. The maximum absolute atomic E-state index is 12.2. The second kappa shape index (κ2) is 11.0. The number of rotatable bonds is 9. The van der Waals surface area contributed by atoms with E-state index in [-0.39, 0.29) is 11.4 Å². The van der Waals surface area contributed by atoms with Crippen LogP contribution in [0.25, 0.3) is 0 Å². The molecule has 0 amide bonds. The third-order valence-electron chi connectivity index (χ3n) is 3.85. The smallest absolute Gasteiger partial charge is 0.242 e. The number of nitrogens with one attached hydrogen (secondary N) is 3. The van der Waals surface area contributed by atoms with E-state index in [2.05, 4.69) is 56.7 Å². The van der Waals surface area contributed by atoms with Crippen molar-refractivity contribution in [2.45, 2.75) is 30.2 Å². The summed E-state index contributed by atoms with van der Waals surface area (Å²) in [7, 11) is -3.55. The first-order valence-corrected chi connectivity index (χ1v) is 11.7. The van der Waals surface area contributed by atoms with Gasteiger partial charge in [0.15, 0.2) is 5.96 Å². The molecule has 3 N–H and O–H groups in total. The molecule has 1 aromatic heterocycles. The molecule has 1 heterocycles. The maximum atomic E-state index is 12.2. The molecule has 0 aliphatic rings. The lowest BCUT2D eigenvalue weighted by Crippen LogP contribution is -2.41. The summed E-state index contributed by atoms with van der Waals surface area (Å²) in [6.07, 6.45) is 4.92. The standard InChI is InChI=1S/C19H27N5O2S2/c1-4-21-19(23-13-16-8-7-15(2)12-18(16)27-3)22-10-11-24-28(25,26)17-6-5-9-20-14-17/h5-9,12,14,24H,4,10-11,13H2,1-3H3,(H2,21,22,23). The molecule has 0 unspecified atom stereocenters. The molecule has 7 nitrogen and oxygen atoms in total. The first-order valence-electron chi connectivity index (χ1n) is 9.01. The fraction of sp³-hybridized carbons (Fsp3) is 0.368. The van der Waals surface area contributed by atoms with Crippen LogP contribution >= 0.6 is 11.8 Å². The topological polar surface area (TPSA) is 95.5 Å². The van der Waals surface area contributed by atoms with Gasteiger partial charge in [-0.3, -0.25) is 4.98 Å². The van der Waals surface area contributed by atoms with Gasteiger partial charge in [-0.05, 0) is 49.4 Å². The van der Waals surface area contributed by atoms with Gasteiger partial charge in [0, 0.05) is 36.9 Å². The number of hydrogen-bond acceptors (Lipinski definition) is 5. The van der Waals surface area contributed by atoms with Crippen molar-refractivity contribution >= 4 is 27.7 Å². The fourth-order valence-electron chi connectivity index (χ4n) is 2.44. The van der Waals surface area contributed by atoms with Gasteiger partial charge < -0.3 is 10.6 Å². The predicted molar refractivity (Wildman–Crippen MR) is 115 cm³/mol. The molecule has 0 radical (unpaired) electrons. The van der Waals surface area contributed by atoms with Gasteiger partial charge in [0.1, 0.15) is 4.90 Å². The number of aliphatic imine (C=N–C) groups is 1. The Morgan fingerprint density at radius 3 is 2.71 bits per heavy atom. The summed E-state index contributed by atoms with van der Waals surface area (Å²) in [5.74, 6) is 0.649. The monoisotopic (exact) mass is 421 g/mol. The Bertz CT molecular complexity index is 886. The maximum Gasteiger partial charge on any atom is 0.242 e. The van der Waals surface area contributed by atoms with Crippen LogP contribution in [0.5, 0.6) is 0 Å². The Morgan fingerprint density at radius 1 is 1.21 bits per heavy atom. The van der Waals surface area contributed by atoms with Gasteiger partial charge in [-0.2, -0.15) is 0 Å². The van der Waals surface area contributed by atoms with Crippen LogP contribution in [0.3, 0.4) is 0 Å². The summed E-state index contributed by atoms with van der Waals surface area (Å²) in [6.45, 7) is 5.98. The second-order valence-corrected chi connectivity index (χ2v) is 8.64. The van der Waals surface area contributed by atoms with Crippen LogP contribution in [-0.4, -0.2) is 45.3 Å². The number of benzene rings is 1. The van der Waals surface area contributed by atoms with Crippen molar-refractivity contribution in [1.29, 1.82) is 0 Å². The normalized spacial score (nSPS) is 12.0. The molecule has 9 heteroatoms. The van der Waals surface area contributed by atoms with Crippen molar-refractivity contribution in [2.75, 3.05) is 25.9 Å². The van der Waals surface area contributed by atoms with Gasteiger partial charge in [0.25, 0.3) is 0 Å². The van der Waals surface area contributed by atoms with Crippen LogP contribution in [0.4, 0.5) is 0 Å². The SMILES string of the molecule is CCNC(=NCc1ccc(C)cc1SC)NCCNS(=O)(=O)c1cccnc1. The van der Waals surface area contributed by atoms with Crippen LogP contribution < -0.4 is 15.4 Å². The van der Waals surface area contributed by atoms with Crippen LogP contribution in [0.2, 0.25) is 0 Å². The van der Waals surface area contributed by atoms with Crippen molar-refractivity contribution in [2.24, 2.45) is 4.99 Å². The zero-order valence-corrected chi connectivity index (χ0v) is 18.0. The molecule has 28 heavy (non-hydrogen) atoms. The second-order valence-electron chi connectivity index (χ2n) is 6.02. The number of thioether (sulfide) groups is 1. The van der Waals surface area contributed by atoms with Crippen molar-refractivity contribution in [1.82, 2.24) is 20.3 Å². The fourth-order valence-corrected chi connectivity index (χ4v) is 4.14. The molecular formula is C19H27N5O2S2. The molecule has 0 atom stereocenters. The lowest BCUT2D eigenvalue weighted by Gasteiger charge is -2.13. The van der Waals surface area contributed by atoms with E-state index in [0.29, 0.717) is 19.0 Å². The van der Waals surface area contributed by atoms with Gasteiger partial charge in [0.05, 0.1) is 6.54 Å².